The first-order valence-corrected chi connectivity index (χ1v) is 16.4. The Hall–Kier alpha value is -5.24. The number of aryl methyl sites for hydroxylation is 4. The van der Waals surface area contributed by atoms with Crippen molar-refractivity contribution in [3.63, 3.8) is 0 Å². The van der Waals surface area contributed by atoms with Crippen molar-refractivity contribution in [1.29, 1.82) is 0 Å². The van der Waals surface area contributed by atoms with Crippen molar-refractivity contribution in [2.75, 3.05) is 0 Å². The Morgan fingerprint density at radius 2 is 0.479 bits per heavy atom. The van der Waals surface area contributed by atoms with Crippen molar-refractivity contribution in [2.45, 2.75) is 83.1 Å². The lowest BCUT2D eigenvalue weighted by molar-refractivity contribution is 0.0685. The third-order valence-electron chi connectivity index (χ3n) is 6.51. The van der Waals surface area contributed by atoms with Gasteiger partial charge in [-0.3, -0.25) is 0 Å². The monoisotopic (exact) mass is 656 g/mol. The van der Waals surface area contributed by atoms with Crippen LogP contribution in [0.4, 0.5) is 0 Å². The number of hydrogen-bond acceptors (Lipinski definition) is 8. The molecule has 256 valence electrons. The molecule has 1 heterocycles. The van der Waals surface area contributed by atoms with E-state index in [-0.39, 0.29) is 45.3 Å². The molecule has 8 nitrogen and oxygen atoms in total. The van der Waals surface area contributed by atoms with Gasteiger partial charge < -0.3 is 18.9 Å². The van der Waals surface area contributed by atoms with E-state index in [1.807, 2.05) is 55.4 Å². The van der Waals surface area contributed by atoms with Gasteiger partial charge in [0.25, 0.3) is 0 Å². The SMILES string of the molecule is CC.CC.CC.CC.Cc1cccc2c1OC(=O)c1cccc(C)c1OC(=O)c1cccc(C)c1OC(=O)c1cccc(C)c1OC2=O. The summed E-state index contributed by atoms with van der Waals surface area (Å²) in [5.74, 6) is -3.46. The first kappa shape index (κ1) is 40.8. The molecule has 0 saturated heterocycles. The molecule has 0 saturated carbocycles. The second-order valence-corrected chi connectivity index (χ2v) is 9.36. The number of para-hydroxylation sites is 4. The molecule has 0 amide bonds. The Bertz CT molecular complexity index is 1460. The van der Waals surface area contributed by atoms with E-state index in [4.69, 9.17) is 18.9 Å². The molecule has 0 aromatic heterocycles. The first-order chi connectivity index (χ1) is 23.2. The third-order valence-corrected chi connectivity index (χ3v) is 6.51. The van der Waals surface area contributed by atoms with E-state index in [1.54, 1.807) is 76.2 Å². The molecule has 0 bridgehead atoms. The molecular formula is C40H48O8. The number of fused-ring (bicyclic) bond motifs is 4. The van der Waals surface area contributed by atoms with Gasteiger partial charge in [0, 0.05) is 0 Å². The van der Waals surface area contributed by atoms with Gasteiger partial charge >= 0.3 is 23.9 Å². The van der Waals surface area contributed by atoms with Gasteiger partial charge in [-0.2, -0.15) is 0 Å². The fourth-order valence-corrected chi connectivity index (χ4v) is 4.39. The van der Waals surface area contributed by atoms with Crippen molar-refractivity contribution in [3.05, 3.63) is 117 Å². The van der Waals surface area contributed by atoms with Crippen LogP contribution >= 0.6 is 0 Å². The number of rotatable bonds is 0. The average Bonchev–Trinajstić information content (AvgIpc) is 3.11. The van der Waals surface area contributed by atoms with Gasteiger partial charge in [-0.15, -0.1) is 0 Å². The third kappa shape index (κ3) is 9.41. The first-order valence-electron chi connectivity index (χ1n) is 16.4. The Balaban J connectivity index is 0.00000134. The molecule has 5 rings (SSSR count). The molecule has 1 aliphatic rings. The van der Waals surface area contributed by atoms with Crippen LogP contribution in [0, 0.1) is 27.7 Å². The molecule has 0 N–H and O–H groups in total. The van der Waals surface area contributed by atoms with E-state index < -0.39 is 23.9 Å². The van der Waals surface area contributed by atoms with Crippen molar-refractivity contribution in [3.8, 4) is 23.0 Å². The lowest BCUT2D eigenvalue weighted by atomic mass is 10.1. The van der Waals surface area contributed by atoms with Gasteiger partial charge in [0.1, 0.15) is 45.3 Å². The van der Waals surface area contributed by atoms with Crippen molar-refractivity contribution >= 4 is 23.9 Å². The molecular weight excluding hydrogens is 608 g/mol. The number of carbonyl (C=O) groups excluding carboxylic acids is 4. The van der Waals surface area contributed by atoms with E-state index in [1.165, 1.54) is 24.3 Å². The van der Waals surface area contributed by atoms with Crippen molar-refractivity contribution < 1.29 is 38.1 Å². The average molecular weight is 657 g/mol. The number of hydrogen-bond donors (Lipinski definition) is 0. The fourth-order valence-electron chi connectivity index (χ4n) is 4.39. The summed E-state index contributed by atoms with van der Waals surface area (Å²) >= 11 is 0. The normalized spacial score (nSPS) is 11.8. The minimum atomic E-state index is -0.839. The molecule has 48 heavy (non-hydrogen) atoms. The summed E-state index contributed by atoms with van der Waals surface area (Å²) in [6, 6.07) is 19.0. The summed E-state index contributed by atoms with van der Waals surface area (Å²) in [6.45, 7) is 22.7. The van der Waals surface area contributed by atoms with Crippen LogP contribution in [-0.4, -0.2) is 23.9 Å². The smallest absolute Gasteiger partial charge is 0.347 e. The van der Waals surface area contributed by atoms with Gasteiger partial charge in [0.05, 0.1) is 0 Å². The molecule has 4 aromatic rings. The molecule has 4 aromatic carbocycles. The van der Waals surface area contributed by atoms with E-state index in [9.17, 15) is 19.2 Å². The molecule has 0 radical (unpaired) electrons. The van der Waals surface area contributed by atoms with Crippen LogP contribution in [0.2, 0.25) is 0 Å². The van der Waals surface area contributed by atoms with Crippen LogP contribution in [0.15, 0.2) is 72.8 Å². The second kappa shape index (κ2) is 20.1. The maximum atomic E-state index is 13.4. The predicted octanol–water partition coefficient (Wildman–Crippen LogP) is 10.2. The summed E-state index contributed by atoms with van der Waals surface area (Å²) in [5, 5.41) is 0. The van der Waals surface area contributed by atoms with E-state index in [0.29, 0.717) is 22.3 Å². The Labute approximate surface area is 285 Å². The highest BCUT2D eigenvalue weighted by Crippen LogP contribution is 2.34. The van der Waals surface area contributed by atoms with Crippen LogP contribution < -0.4 is 18.9 Å². The van der Waals surface area contributed by atoms with E-state index >= 15 is 0 Å². The maximum Gasteiger partial charge on any atom is 0.347 e. The van der Waals surface area contributed by atoms with Crippen molar-refractivity contribution in [1.82, 2.24) is 0 Å². The molecule has 1 aliphatic heterocycles. The van der Waals surface area contributed by atoms with Gasteiger partial charge in [0.2, 0.25) is 0 Å². The van der Waals surface area contributed by atoms with Gasteiger partial charge in [-0.25, -0.2) is 19.2 Å². The summed E-state index contributed by atoms with van der Waals surface area (Å²) < 4.78 is 22.9. The zero-order valence-corrected chi connectivity index (χ0v) is 30.2. The summed E-state index contributed by atoms with van der Waals surface area (Å²) in [6.07, 6.45) is 0. The lowest BCUT2D eigenvalue weighted by Gasteiger charge is -2.18. The largest absolute Gasteiger partial charge is 0.422 e. The molecule has 0 fully saturated rings. The Kier molecular flexibility index (Phi) is 17.1. The zero-order chi connectivity index (χ0) is 36.6. The fraction of sp³-hybridized carbons (Fsp3) is 0.300. The molecule has 0 aliphatic carbocycles. The lowest BCUT2D eigenvalue weighted by Crippen LogP contribution is -2.21. The highest BCUT2D eigenvalue weighted by Gasteiger charge is 2.28. The van der Waals surface area contributed by atoms with Crippen LogP contribution in [0.3, 0.4) is 0 Å². The molecule has 0 atom stereocenters. The summed E-state index contributed by atoms with van der Waals surface area (Å²) in [5.41, 5.74) is 1.83. The van der Waals surface area contributed by atoms with Gasteiger partial charge in [-0.1, -0.05) is 104 Å². The van der Waals surface area contributed by atoms with Gasteiger partial charge in [0.15, 0.2) is 0 Å². The quantitative estimate of drug-likeness (QED) is 0.136. The zero-order valence-electron chi connectivity index (χ0n) is 30.2. The molecule has 0 spiro atoms. The Morgan fingerprint density at radius 3 is 0.646 bits per heavy atom. The minimum Gasteiger partial charge on any atom is -0.422 e. The highest BCUT2D eigenvalue weighted by atomic mass is 16.6. The van der Waals surface area contributed by atoms with Crippen LogP contribution in [-0.2, 0) is 0 Å². The summed E-state index contributed by atoms with van der Waals surface area (Å²) in [7, 11) is 0. The predicted molar refractivity (Wildman–Crippen MR) is 190 cm³/mol. The van der Waals surface area contributed by atoms with E-state index in [2.05, 4.69) is 0 Å². The second-order valence-electron chi connectivity index (χ2n) is 9.36. The standard InChI is InChI=1S/C32H24O8.4C2H6/c1-17-9-5-13-21-25(17)37-30(34)22-14-6-10-18(2)26(22)39-32(36)24-16-8-12-20(4)28(24)40-31(35)23-15-7-11-19(3)27(23)38-29(21)33;4*1-2/h5-16H,1-4H3;4*1-2H3. The highest BCUT2D eigenvalue weighted by molar-refractivity contribution is 6.03. The van der Waals surface area contributed by atoms with E-state index in [0.717, 1.165) is 0 Å². The van der Waals surface area contributed by atoms with Crippen LogP contribution in [0.25, 0.3) is 0 Å². The van der Waals surface area contributed by atoms with Gasteiger partial charge in [-0.05, 0) is 74.2 Å². The summed E-state index contributed by atoms with van der Waals surface area (Å²) in [4.78, 5) is 53.8. The molecule has 8 heteroatoms. The number of benzene rings is 4. The minimum absolute atomic E-state index is 0.0259. The van der Waals surface area contributed by atoms with Crippen molar-refractivity contribution in [2.24, 2.45) is 0 Å². The van der Waals surface area contributed by atoms with Crippen LogP contribution in [0.5, 0.6) is 23.0 Å². The van der Waals surface area contributed by atoms with Crippen LogP contribution in [0.1, 0.15) is 119 Å². The molecule has 0 unspecified atom stereocenters. The maximum absolute atomic E-state index is 13.4. The topological polar surface area (TPSA) is 105 Å². The number of carbonyl (C=O) groups is 4. The number of esters is 4. The Morgan fingerprint density at radius 1 is 0.312 bits per heavy atom. The number of ether oxygens (including phenoxy) is 4.